The van der Waals surface area contributed by atoms with Gasteiger partial charge < -0.3 is 28.4 Å². The van der Waals surface area contributed by atoms with E-state index in [0.717, 1.165) is 222 Å². The maximum absolute atomic E-state index is 6.61. The highest BCUT2D eigenvalue weighted by atomic mass is 16.5. The Bertz CT molecular complexity index is 2020. The summed E-state index contributed by atoms with van der Waals surface area (Å²) in [6.07, 6.45) is 36.4. The van der Waals surface area contributed by atoms with Gasteiger partial charge >= 0.3 is 0 Å². The van der Waals surface area contributed by atoms with Crippen molar-refractivity contribution in [3.63, 3.8) is 0 Å². The van der Waals surface area contributed by atoms with Crippen LogP contribution in [-0.2, 0) is 0 Å². The zero-order chi connectivity index (χ0) is 54.6. The molecule has 12 nitrogen and oxygen atoms in total. The van der Waals surface area contributed by atoms with Crippen molar-refractivity contribution in [1.82, 2.24) is 0 Å². The molecule has 9 aliphatic rings. The van der Waals surface area contributed by atoms with Crippen molar-refractivity contribution < 1.29 is 28.4 Å². The molecule has 12 rings (SSSR count). The van der Waals surface area contributed by atoms with Crippen molar-refractivity contribution in [3.05, 3.63) is 69.8 Å². The van der Waals surface area contributed by atoms with Crippen molar-refractivity contribution in [2.75, 3.05) is 39.6 Å². The summed E-state index contributed by atoms with van der Waals surface area (Å²) in [6.45, 7) is 16.8. The van der Waals surface area contributed by atoms with Crippen LogP contribution in [-0.4, -0.2) is 113 Å². The molecule has 3 aliphatic carbocycles. The maximum atomic E-state index is 6.61. The molecule has 0 amide bonds. The molecule has 0 radical (unpaired) electrons. The summed E-state index contributed by atoms with van der Waals surface area (Å²) in [7, 11) is 0. The molecule has 0 aromatic heterocycles. The third kappa shape index (κ3) is 18.5. The lowest BCUT2D eigenvalue weighted by Gasteiger charge is -2.26. The van der Waals surface area contributed by atoms with Gasteiger partial charge in [0.05, 0.1) is 75.9 Å². The SMILES string of the molecule is CCCCOc1cc2c(OCCCC)cc1C=N[C@@H]1CCCC[C@H]1N=Cc1cc(OCCCC)c(cc1OCCCC)C=N[C@@H]1CCCC[C@H]1N=Cc1cc(OCCCC)c(cc1OCCCC)C=N[C@@H]1CCCC[C@H]1N=C2. The smallest absolute Gasteiger partial charge is 0.128 e. The van der Waals surface area contributed by atoms with E-state index in [2.05, 4.69) is 77.9 Å². The molecule has 78 heavy (non-hydrogen) atoms. The normalized spacial score (nSPS) is 21.5. The average molecular weight is 1070 g/mol. The Morgan fingerprint density at radius 2 is 0.423 bits per heavy atom. The van der Waals surface area contributed by atoms with Crippen LogP contribution in [0.1, 0.15) is 229 Å². The highest BCUT2D eigenvalue weighted by Gasteiger charge is 2.27. The summed E-state index contributed by atoms with van der Waals surface area (Å²) >= 11 is 0. The van der Waals surface area contributed by atoms with Crippen molar-refractivity contribution in [2.24, 2.45) is 30.0 Å². The Kier molecular flexibility index (Phi) is 26.1. The second-order valence-corrected chi connectivity index (χ2v) is 21.9. The van der Waals surface area contributed by atoms with E-state index < -0.39 is 0 Å². The second-order valence-electron chi connectivity index (χ2n) is 21.9. The molecule has 6 heterocycles. The van der Waals surface area contributed by atoms with Gasteiger partial charge in [0.1, 0.15) is 34.5 Å². The summed E-state index contributed by atoms with van der Waals surface area (Å²) in [5.41, 5.74) is 5.46. The molecule has 6 atom stereocenters. The highest BCUT2D eigenvalue weighted by molar-refractivity contribution is 5.93. The summed E-state index contributed by atoms with van der Waals surface area (Å²) in [5.74, 6) is 4.74. The van der Waals surface area contributed by atoms with E-state index >= 15 is 0 Å². The molecule has 3 fully saturated rings. The number of aliphatic imine (C=N–C) groups is 6. The summed E-state index contributed by atoms with van der Waals surface area (Å²) in [6, 6.07) is 12.7. The van der Waals surface area contributed by atoms with Gasteiger partial charge in [-0.1, -0.05) is 119 Å². The predicted molar refractivity (Wildman–Crippen MR) is 325 cm³/mol. The van der Waals surface area contributed by atoms with E-state index in [9.17, 15) is 0 Å². The lowest BCUT2D eigenvalue weighted by molar-refractivity contribution is 0.300. The molecular formula is C66H96N6O6. The number of unbranched alkanes of at least 4 members (excludes halogenated alkanes) is 6. The van der Waals surface area contributed by atoms with Crippen LogP contribution in [0, 0.1) is 0 Å². The van der Waals surface area contributed by atoms with Gasteiger partial charge in [0.2, 0.25) is 0 Å². The Labute approximate surface area is 469 Å². The molecule has 3 saturated carbocycles. The zero-order valence-corrected chi connectivity index (χ0v) is 48.7. The van der Waals surface area contributed by atoms with E-state index in [4.69, 9.17) is 58.4 Å². The summed E-state index contributed by atoms with van der Waals surface area (Å²) in [5, 5.41) is 0. The first-order chi connectivity index (χ1) is 38.4. The molecule has 426 valence electrons. The monoisotopic (exact) mass is 1070 g/mol. The first-order valence-electron chi connectivity index (χ1n) is 30.9. The van der Waals surface area contributed by atoms with Crippen LogP contribution in [0.15, 0.2) is 66.4 Å². The molecule has 6 bridgehead atoms. The predicted octanol–water partition coefficient (Wildman–Crippen LogP) is 15.6. The summed E-state index contributed by atoms with van der Waals surface area (Å²) < 4.78 is 39.7. The number of rotatable bonds is 24. The second kappa shape index (κ2) is 33.8. The van der Waals surface area contributed by atoms with Crippen molar-refractivity contribution in [1.29, 1.82) is 0 Å². The van der Waals surface area contributed by atoms with Gasteiger partial charge in [0, 0.05) is 70.7 Å². The van der Waals surface area contributed by atoms with Crippen LogP contribution in [0.4, 0.5) is 0 Å². The molecular weight excluding hydrogens is 973 g/mol. The Morgan fingerprint density at radius 3 is 0.564 bits per heavy atom. The minimum absolute atomic E-state index is 0.00692. The van der Waals surface area contributed by atoms with Crippen LogP contribution < -0.4 is 28.4 Å². The van der Waals surface area contributed by atoms with Gasteiger partial charge in [-0.2, -0.15) is 0 Å². The van der Waals surface area contributed by atoms with E-state index in [1.807, 2.05) is 37.3 Å². The fourth-order valence-electron chi connectivity index (χ4n) is 10.5. The van der Waals surface area contributed by atoms with Crippen LogP contribution in [0.25, 0.3) is 0 Å². The fourth-order valence-corrected chi connectivity index (χ4v) is 10.5. The standard InChI is InChI=1S/C66H96N6O6/c1-7-13-31-73-61-37-50-44-68-57-27-21-22-28-58(57)70-46-52-40-66(78-36-18-12-6)54(42-65(52)77-35-17-11-5)48-72-60-30-24-23-29-59(60)71-47-53-41-63(75-33-15-9-3)51(39-64(53)76-34-16-10-4)45-69-56-26-20-19-25-55(56)67-43-49(61)38-62(50)74-32-14-8-2/h37-48,55-60H,7-36H2,1-6H3/t55-,56-,57-,58-,59-,60-/m1/s1. The third-order valence-electron chi connectivity index (χ3n) is 15.5. The first-order valence-corrected chi connectivity index (χ1v) is 30.9. The van der Waals surface area contributed by atoms with Gasteiger partial charge in [-0.05, 0) is 113 Å². The van der Waals surface area contributed by atoms with E-state index in [0.29, 0.717) is 39.6 Å². The molecule has 3 aromatic carbocycles. The highest BCUT2D eigenvalue weighted by Crippen LogP contribution is 2.35. The third-order valence-corrected chi connectivity index (χ3v) is 15.5. The van der Waals surface area contributed by atoms with Crippen LogP contribution >= 0.6 is 0 Å². The van der Waals surface area contributed by atoms with Gasteiger partial charge in [0.25, 0.3) is 0 Å². The minimum atomic E-state index is 0.00692. The number of benzene rings is 3. The fraction of sp³-hybridized carbons (Fsp3) is 0.636. The molecule has 0 spiro atoms. The number of hydrogen-bond donors (Lipinski definition) is 0. The number of hydrogen-bond acceptors (Lipinski definition) is 12. The Morgan fingerprint density at radius 1 is 0.269 bits per heavy atom. The van der Waals surface area contributed by atoms with Gasteiger partial charge in [-0.3, -0.25) is 30.0 Å². The number of ether oxygens (including phenoxy) is 6. The zero-order valence-electron chi connectivity index (χ0n) is 48.7. The van der Waals surface area contributed by atoms with Crippen molar-refractivity contribution >= 4 is 37.3 Å². The summed E-state index contributed by atoms with van der Waals surface area (Å²) in [4.78, 5) is 32.1. The van der Waals surface area contributed by atoms with Crippen LogP contribution in [0.2, 0.25) is 0 Å². The molecule has 0 N–H and O–H groups in total. The molecule has 0 unspecified atom stereocenters. The van der Waals surface area contributed by atoms with Gasteiger partial charge in [0.15, 0.2) is 0 Å². The minimum Gasteiger partial charge on any atom is -0.493 e. The molecule has 6 aliphatic heterocycles. The van der Waals surface area contributed by atoms with Gasteiger partial charge in [-0.15, -0.1) is 0 Å². The average Bonchev–Trinajstić information content (AvgIpc) is 3.48. The van der Waals surface area contributed by atoms with Crippen LogP contribution in [0.5, 0.6) is 34.5 Å². The van der Waals surface area contributed by atoms with Crippen LogP contribution in [0.3, 0.4) is 0 Å². The molecule has 12 heteroatoms. The number of nitrogens with zero attached hydrogens (tertiary/aromatic N) is 6. The van der Waals surface area contributed by atoms with Crippen molar-refractivity contribution in [2.45, 2.75) is 232 Å². The first kappa shape index (κ1) is 60.1. The quantitative estimate of drug-likeness (QED) is 0.0822. The largest absolute Gasteiger partial charge is 0.493 e. The molecule has 3 aromatic rings. The lowest BCUT2D eigenvalue weighted by Crippen LogP contribution is -2.27. The Hall–Kier alpha value is -5.52. The van der Waals surface area contributed by atoms with Crippen molar-refractivity contribution in [3.8, 4) is 34.5 Å². The maximum Gasteiger partial charge on any atom is 0.128 e. The molecule has 0 saturated heterocycles. The van der Waals surface area contributed by atoms with E-state index in [1.54, 1.807) is 0 Å². The Balaban J connectivity index is 1.38. The lowest BCUT2D eigenvalue weighted by atomic mass is 9.91. The van der Waals surface area contributed by atoms with E-state index in [1.165, 1.54) is 0 Å². The topological polar surface area (TPSA) is 130 Å². The van der Waals surface area contributed by atoms with Gasteiger partial charge in [-0.25, -0.2) is 0 Å². The van der Waals surface area contributed by atoms with E-state index in [-0.39, 0.29) is 36.3 Å².